The lowest BCUT2D eigenvalue weighted by molar-refractivity contribution is 0.115. The molecule has 0 fully saturated rings. The number of nitrogens with zero attached hydrogens (tertiary/aromatic N) is 3. The molecular formula is C25H19N3O3S. The number of nitriles is 1. The van der Waals surface area contributed by atoms with Crippen molar-refractivity contribution in [2.75, 3.05) is 0 Å². The molecule has 7 heteroatoms. The van der Waals surface area contributed by atoms with Crippen molar-refractivity contribution in [1.29, 1.82) is 5.26 Å². The highest BCUT2D eigenvalue weighted by molar-refractivity contribution is 7.90. The number of hydrogen-bond acceptors (Lipinski definition) is 5. The lowest BCUT2D eigenvalue weighted by Gasteiger charge is -2.30. The molecule has 6 nitrogen and oxygen atoms in total. The molecule has 0 amide bonds. The van der Waals surface area contributed by atoms with Gasteiger partial charge in [-0.1, -0.05) is 36.4 Å². The number of ether oxygens (including phenoxy) is 1. The molecule has 3 aromatic carbocycles. The van der Waals surface area contributed by atoms with Gasteiger partial charge in [0.05, 0.1) is 33.5 Å². The van der Waals surface area contributed by atoms with Gasteiger partial charge >= 0.3 is 0 Å². The quantitative estimate of drug-likeness (QED) is 0.461. The number of fused-ring (bicyclic) bond motifs is 2. The first kappa shape index (κ1) is 20.0. The highest BCUT2D eigenvalue weighted by Gasteiger charge is 2.33. The molecule has 0 spiro atoms. The Morgan fingerprint density at radius 1 is 0.969 bits per heavy atom. The summed E-state index contributed by atoms with van der Waals surface area (Å²) >= 11 is 0. The molecule has 0 radical (unpaired) electrons. The zero-order chi connectivity index (χ0) is 22.5. The largest absolute Gasteiger partial charge is 0.466 e. The Hall–Kier alpha value is -3.89. The third-order valence-corrected chi connectivity index (χ3v) is 7.04. The summed E-state index contributed by atoms with van der Waals surface area (Å²) in [5.41, 5.74) is 1.54. The standard InChI is InChI=1S/C25H19N3O3S/c1-25(2)27-24(20-14-17(16-26)12-13-23(20)31-25)22-15-18-8-6-7-11-21(18)28(22)32(29,30)19-9-4-3-5-10-19/h3-15H,1-2H3. The van der Waals surface area contributed by atoms with E-state index in [-0.39, 0.29) is 4.90 Å². The van der Waals surface area contributed by atoms with E-state index < -0.39 is 15.7 Å². The minimum atomic E-state index is -3.93. The Bertz CT molecular complexity index is 1540. The average Bonchev–Trinajstić information content (AvgIpc) is 3.18. The Kier molecular flexibility index (Phi) is 4.43. The lowest BCUT2D eigenvalue weighted by atomic mass is 10.0. The van der Waals surface area contributed by atoms with Crippen LogP contribution in [0.3, 0.4) is 0 Å². The van der Waals surface area contributed by atoms with Crippen LogP contribution in [0.15, 0.2) is 88.8 Å². The molecule has 158 valence electrons. The van der Waals surface area contributed by atoms with Crippen LogP contribution in [-0.4, -0.2) is 23.8 Å². The zero-order valence-electron chi connectivity index (χ0n) is 17.5. The second kappa shape index (κ2) is 7.08. The van der Waals surface area contributed by atoms with Crippen molar-refractivity contribution in [1.82, 2.24) is 3.97 Å². The van der Waals surface area contributed by atoms with Crippen LogP contribution < -0.4 is 4.74 Å². The molecule has 1 aromatic heterocycles. The third kappa shape index (κ3) is 3.17. The van der Waals surface area contributed by atoms with Crippen LogP contribution in [0.25, 0.3) is 10.9 Å². The molecule has 4 aromatic rings. The zero-order valence-corrected chi connectivity index (χ0v) is 18.3. The molecule has 1 aliphatic heterocycles. The van der Waals surface area contributed by atoms with E-state index in [1.165, 1.54) is 3.97 Å². The van der Waals surface area contributed by atoms with Gasteiger partial charge in [-0.05, 0) is 56.3 Å². The van der Waals surface area contributed by atoms with E-state index in [1.54, 1.807) is 60.7 Å². The molecule has 0 saturated carbocycles. The summed E-state index contributed by atoms with van der Waals surface area (Å²) in [6.07, 6.45) is 0. The summed E-state index contributed by atoms with van der Waals surface area (Å²) < 4.78 is 34.9. The SMILES string of the molecule is CC1(C)N=C(c2cc3ccccc3n2S(=O)(=O)c2ccccc2)c2cc(C#N)ccc2O1. The van der Waals surface area contributed by atoms with E-state index in [1.807, 2.05) is 32.0 Å². The fourth-order valence-electron chi connectivity index (χ4n) is 3.94. The van der Waals surface area contributed by atoms with Gasteiger partial charge in [-0.2, -0.15) is 5.26 Å². The molecular weight excluding hydrogens is 422 g/mol. The van der Waals surface area contributed by atoms with Gasteiger partial charge in [-0.3, -0.25) is 0 Å². The highest BCUT2D eigenvalue weighted by atomic mass is 32.2. The average molecular weight is 442 g/mol. The van der Waals surface area contributed by atoms with Gasteiger partial charge in [0.2, 0.25) is 0 Å². The van der Waals surface area contributed by atoms with Gasteiger partial charge in [0.25, 0.3) is 10.0 Å². The molecule has 5 rings (SSSR count). The third-order valence-electron chi connectivity index (χ3n) is 5.30. The Balaban J connectivity index is 1.86. The normalized spacial score (nSPS) is 14.8. The Labute approximate surface area is 186 Å². The molecule has 0 bridgehead atoms. The first-order chi connectivity index (χ1) is 15.3. The summed E-state index contributed by atoms with van der Waals surface area (Å²) in [7, 11) is -3.93. The molecule has 1 aliphatic rings. The molecule has 2 heterocycles. The maximum Gasteiger partial charge on any atom is 0.268 e. The summed E-state index contributed by atoms with van der Waals surface area (Å²) in [5.74, 6) is 0.549. The van der Waals surface area contributed by atoms with Gasteiger partial charge in [-0.25, -0.2) is 17.4 Å². The number of rotatable bonds is 3. The minimum absolute atomic E-state index is 0.181. The molecule has 0 aliphatic carbocycles. The first-order valence-electron chi connectivity index (χ1n) is 10.0. The fourth-order valence-corrected chi connectivity index (χ4v) is 5.48. The van der Waals surface area contributed by atoms with Gasteiger partial charge in [-0.15, -0.1) is 0 Å². The van der Waals surface area contributed by atoms with Crippen molar-refractivity contribution < 1.29 is 13.2 Å². The van der Waals surface area contributed by atoms with Crippen LogP contribution in [-0.2, 0) is 10.0 Å². The predicted molar refractivity (Wildman–Crippen MR) is 122 cm³/mol. The van der Waals surface area contributed by atoms with Crippen molar-refractivity contribution in [2.45, 2.75) is 24.5 Å². The van der Waals surface area contributed by atoms with Crippen LogP contribution >= 0.6 is 0 Å². The van der Waals surface area contributed by atoms with E-state index in [0.29, 0.717) is 33.8 Å². The predicted octanol–water partition coefficient (Wildman–Crippen LogP) is 4.72. The monoisotopic (exact) mass is 441 g/mol. The second-order valence-corrected chi connectivity index (χ2v) is 9.79. The first-order valence-corrected chi connectivity index (χ1v) is 11.5. The Morgan fingerprint density at radius 2 is 1.69 bits per heavy atom. The number of hydrogen-bond donors (Lipinski definition) is 0. The second-order valence-electron chi connectivity index (χ2n) is 8.00. The van der Waals surface area contributed by atoms with Crippen LogP contribution in [0.1, 0.15) is 30.7 Å². The minimum Gasteiger partial charge on any atom is -0.466 e. The van der Waals surface area contributed by atoms with E-state index >= 15 is 0 Å². The van der Waals surface area contributed by atoms with Crippen molar-refractivity contribution in [2.24, 2.45) is 4.99 Å². The maximum absolute atomic E-state index is 13.8. The summed E-state index contributed by atoms with van der Waals surface area (Å²) in [5, 5.41) is 10.2. The summed E-state index contributed by atoms with van der Waals surface area (Å²) in [6.45, 7) is 3.62. The highest BCUT2D eigenvalue weighted by Crippen LogP contribution is 2.36. The van der Waals surface area contributed by atoms with Crippen molar-refractivity contribution in [3.63, 3.8) is 0 Å². The molecule has 32 heavy (non-hydrogen) atoms. The van der Waals surface area contributed by atoms with Crippen LogP contribution in [0.5, 0.6) is 5.75 Å². The van der Waals surface area contributed by atoms with Gasteiger partial charge in [0.15, 0.2) is 5.72 Å². The number of benzene rings is 3. The van der Waals surface area contributed by atoms with Crippen molar-refractivity contribution in [3.05, 3.63) is 95.7 Å². The number of aliphatic imine (C=N–C) groups is 1. The van der Waals surface area contributed by atoms with Crippen molar-refractivity contribution >= 4 is 26.6 Å². The topological polar surface area (TPSA) is 84.5 Å². The van der Waals surface area contributed by atoms with E-state index in [4.69, 9.17) is 9.73 Å². The van der Waals surface area contributed by atoms with Crippen LogP contribution in [0.2, 0.25) is 0 Å². The Morgan fingerprint density at radius 3 is 2.44 bits per heavy atom. The number of aromatic nitrogens is 1. The van der Waals surface area contributed by atoms with Crippen LogP contribution in [0.4, 0.5) is 0 Å². The van der Waals surface area contributed by atoms with Gasteiger partial charge < -0.3 is 4.74 Å². The lowest BCUT2D eigenvalue weighted by Crippen LogP contribution is -2.33. The molecule has 0 N–H and O–H groups in total. The van der Waals surface area contributed by atoms with E-state index in [9.17, 15) is 13.7 Å². The van der Waals surface area contributed by atoms with E-state index in [0.717, 1.165) is 5.39 Å². The van der Waals surface area contributed by atoms with E-state index in [2.05, 4.69) is 6.07 Å². The van der Waals surface area contributed by atoms with Gasteiger partial charge in [0, 0.05) is 10.9 Å². The molecule has 0 saturated heterocycles. The maximum atomic E-state index is 13.8. The summed E-state index contributed by atoms with van der Waals surface area (Å²) in [6, 6.07) is 24.7. The van der Waals surface area contributed by atoms with Gasteiger partial charge in [0.1, 0.15) is 5.75 Å². The van der Waals surface area contributed by atoms with Crippen molar-refractivity contribution in [3.8, 4) is 11.8 Å². The summed E-state index contributed by atoms with van der Waals surface area (Å²) in [4.78, 5) is 4.95. The van der Waals surface area contributed by atoms with Crippen LogP contribution in [0, 0.1) is 11.3 Å². The molecule has 0 unspecified atom stereocenters. The fraction of sp³-hybridized carbons (Fsp3) is 0.120. The smallest absolute Gasteiger partial charge is 0.268 e. The molecule has 0 atom stereocenters. The number of para-hydroxylation sites is 1.